The number of carbonyl (C=O) groups is 1. The number of esters is 1. The van der Waals surface area contributed by atoms with E-state index in [4.69, 9.17) is 4.42 Å². The molecule has 0 saturated heterocycles. The molecule has 4 heteroatoms. The van der Waals surface area contributed by atoms with Crippen molar-refractivity contribution in [1.82, 2.24) is 0 Å². The van der Waals surface area contributed by atoms with Gasteiger partial charge < -0.3 is 9.15 Å². The van der Waals surface area contributed by atoms with E-state index in [1.54, 1.807) is 12.1 Å². The second kappa shape index (κ2) is 3.57. The largest absolute Gasteiger partial charge is 0.468 e. The van der Waals surface area contributed by atoms with Crippen molar-refractivity contribution in [2.75, 3.05) is 7.11 Å². The smallest absolute Gasteiger partial charge is 0.327 e. The molecule has 0 aromatic carbocycles. The first-order valence-electron chi connectivity index (χ1n) is 3.01. The lowest BCUT2D eigenvalue weighted by Gasteiger charge is -2.02. The van der Waals surface area contributed by atoms with Gasteiger partial charge in [0.15, 0.2) is 4.83 Å². The maximum Gasteiger partial charge on any atom is 0.327 e. The molecule has 3 nitrogen and oxygen atoms in total. The zero-order valence-corrected chi connectivity index (χ0v) is 7.50. The molecule has 1 atom stereocenters. The summed E-state index contributed by atoms with van der Waals surface area (Å²) in [5, 5.41) is 0. The van der Waals surface area contributed by atoms with E-state index in [-0.39, 0.29) is 5.97 Å². The highest BCUT2D eigenvalue weighted by atomic mass is 79.9. The summed E-state index contributed by atoms with van der Waals surface area (Å²) in [6, 6.07) is 3.42. The third-order valence-electron chi connectivity index (χ3n) is 1.20. The van der Waals surface area contributed by atoms with Crippen LogP contribution >= 0.6 is 15.9 Å². The fraction of sp³-hybridized carbons (Fsp3) is 0.286. The molecule has 0 aliphatic heterocycles. The van der Waals surface area contributed by atoms with E-state index in [2.05, 4.69) is 20.7 Å². The van der Waals surface area contributed by atoms with Crippen LogP contribution in [0, 0.1) is 0 Å². The quantitative estimate of drug-likeness (QED) is 0.563. The number of hydrogen-bond acceptors (Lipinski definition) is 3. The highest BCUT2D eigenvalue weighted by Crippen LogP contribution is 2.23. The Bertz CT molecular complexity index is 230. The number of hydrogen-bond donors (Lipinski definition) is 0. The second-order valence-electron chi connectivity index (χ2n) is 1.90. The van der Waals surface area contributed by atoms with Crippen molar-refractivity contribution in [3.63, 3.8) is 0 Å². The zero-order chi connectivity index (χ0) is 8.27. The van der Waals surface area contributed by atoms with Crippen LogP contribution in [-0.2, 0) is 9.53 Å². The second-order valence-corrected chi connectivity index (χ2v) is 2.82. The van der Waals surface area contributed by atoms with E-state index in [9.17, 15) is 4.79 Å². The average Bonchev–Trinajstić information content (AvgIpc) is 2.53. The van der Waals surface area contributed by atoms with E-state index < -0.39 is 4.83 Å². The Hall–Kier alpha value is -0.770. The minimum absolute atomic E-state index is 0.361. The Kier molecular flexibility index (Phi) is 2.70. The maximum absolute atomic E-state index is 10.9. The zero-order valence-electron chi connectivity index (χ0n) is 5.91. The van der Waals surface area contributed by atoms with Gasteiger partial charge in [-0.25, -0.2) is 0 Å². The Balaban J connectivity index is 2.70. The molecule has 0 radical (unpaired) electrons. The van der Waals surface area contributed by atoms with Crippen LogP contribution in [0.5, 0.6) is 0 Å². The molecule has 0 saturated carbocycles. The van der Waals surface area contributed by atoms with Gasteiger partial charge in [-0.15, -0.1) is 0 Å². The Morgan fingerprint density at radius 1 is 1.82 bits per heavy atom. The molecule has 1 rings (SSSR count). The third kappa shape index (κ3) is 1.83. The van der Waals surface area contributed by atoms with E-state index >= 15 is 0 Å². The fourth-order valence-electron chi connectivity index (χ4n) is 0.655. The summed E-state index contributed by atoms with van der Waals surface area (Å²) in [5.41, 5.74) is 0. The van der Waals surface area contributed by atoms with Crippen molar-refractivity contribution in [2.24, 2.45) is 0 Å². The van der Waals surface area contributed by atoms with Crippen LogP contribution in [0.25, 0.3) is 0 Å². The lowest BCUT2D eigenvalue weighted by Crippen LogP contribution is -2.06. The molecular weight excluding hydrogens is 212 g/mol. The van der Waals surface area contributed by atoms with Crippen molar-refractivity contribution in [3.05, 3.63) is 24.2 Å². The number of alkyl halides is 1. The molecule has 0 N–H and O–H groups in total. The average molecular weight is 219 g/mol. The van der Waals surface area contributed by atoms with Crippen LogP contribution in [0.4, 0.5) is 0 Å². The van der Waals surface area contributed by atoms with Crippen LogP contribution in [0.3, 0.4) is 0 Å². The van der Waals surface area contributed by atoms with Crippen molar-refractivity contribution in [2.45, 2.75) is 4.83 Å². The Labute approximate surface area is 72.5 Å². The molecule has 1 aromatic heterocycles. The molecule has 1 unspecified atom stereocenters. The van der Waals surface area contributed by atoms with Crippen LogP contribution < -0.4 is 0 Å². The summed E-state index contributed by atoms with van der Waals surface area (Å²) >= 11 is 3.12. The van der Waals surface area contributed by atoms with Gasteiger partial charge in [0, 0.05) is 0 Å². The standard InChI is InChI=1S/C7H7BrO3/c1-10-7(9)6(8)5-3-2-4-11-5/h2-4,6H,1H3. The van der Waals surface area contributed by atoms with Crippen molar-refractivity contribution in [1.29, 1.82) is 0 Å². The van der Waals surface area contributed by atoms with E-state index in [0.29, 0.717) is 5.76 Å². The molecule has 0 fully saturated rings. The van der Waals surface area contributed by atoms with Gasteiger partial charge >= 0.3 is 5.97 Å². The van der Waals surface area contributed by atoms with Crippen molar-refractivity contribution in [3.8, 4) is 0 Å². The number of furan rings is 1. The normalized spacial score (nSPS) is 12.5. The molecule has 11 heavy (non-hydrogen) atoms. The van der Waals surface area contributed by atoms with Gasteiger partial charge in [0.25, 0.3) is 0 Å². The maximum atomic E-state index is 10.9. The van der Waals surface area contributed by atoms with E-state index in [0.717, 1.165) is 0 Å². The lowest BCUT2D eigenvalue weighted by atomic mass is 10.3. The van der Waals surface area contributed by atoms with Gasteiger partial charge in [0.2, 0.25) is 0 Å². The monoisotopic (exact) mass is 218 g/mol. The number of carbonyl (C=O) groups excluding carboxylic acids is 1. The van der Waals surface area contributed by atoms with Crippen LogP contribution in [-0.4, -0.2) is 13.1 Å². The van der Waals surface area contributed by atoms with E-state index in [1.165, 1.54) is 13.4 Å². The third-order valence-corrected chi connectivity index (χ3v) is 2.03. The summed E-state index contributed by atoms with van der Waals surface area (Å²) in [7, 11) is 1.33. The van der Waals surface area contributed by atoms with Crippen molar-refractivity contribution < 1.29 is 13.9 Å². The number of ether oxygens (including phenoxy) is 1. The predicted octanol–water partition coefficient (Wildman–Crippen LogP) is 1.89. The molecule has 1 aromatic rings. The summed E-state index contributed by atoms with van der Waals surface area (Å²) in [5.74, 6) is 0.191. The number of methoxy groups -OCH3 is 1. The number of halogens is 1. The summed E-state index contributed by atoms with van der Waals surface area (Å²) < 4.78 is 9.46. The minimum Gasteiger partial charge on any atom is -0.468 e. The fourth-order valence-corrected chi connectivity index (χ4v) is 1.10. The van der Waals surface area contributed by atoms with Gasteiger partial charge in [-0.3, -0.25) is 4.79 Å². The van der Waals surface area contributed by atoms with Gasteiger partial charge in [0.1, 0.15) is 5.76 Å². The molecular formula is C7H7BrO3. The van der Waals surface area contributed by atoms with Gasteiger partial charge in [0.05, 0.1) is 13.4 Å². The van der Waals surface area contributed by atoms with Crippen molar-refractivity contribution >= 4 is 21.9 Å². The highest BCUT2D eigenvalue weighted by molar-refractivity contribution is 9.09. The first kappa shape index (κ1) is 8.33. The minimum atomic E-state index is -0.498. The molecule has 60 valence electrons. The Morgan fingerprint density at radius 2 is 2.55 bits per heavy atom. The predicted molar refractivity (Wildman–Crippen MR) is 42.4 cm³/mol. The van der Waals surface area contributed by atoms with Gasteiger partial charge in [-0.1, -0.05) is 15.9 Å². The number of rotatable bonds is 2. The van der Waals surface area contributed by atoms with Crippen LogP contribution in [0.2, 0.25) is 0 Å². The summed E-state index contributed by atoms with van der Waals surface area (Å²) in [6.45, 7) is 0. The first-order chi connectivity index (χ1) is 5.25. The summed E-state index contributed by atoms with van der Waals surface area (Å²) in [6.07, 6.45) is 1.51. The molecule has 0 bridgehead atoms. The molecule has 1 heterocycles. The van der Waals surface area contributed by atoms with Crippen LogP contribution in [0.15, 0.2) is 22.8 Å². The molecule has 0 aliphatic carbocycles. The van der Waals surface area contributed by atoms with Gasteiger partial charge in [-0.05, 0) is 12.1 Å². The van der Waals surface area contributed by atoms with Gasteiger partial charge in [-0.2, -0.15) is 0 Å². The molecule has 0 spiro atoms. The SMILES string of the molecule is COC(=O)C(Br)c1ccco1. The van der Waals surface area contributed by atoms with Crippen LogP contribution in [0.1, 0.15) is 10.6 Å². The Morgan fingerprint density at radius 3 is 3.00 bits per heavy atom. The lowest BCUT2D eigenvalue weighted by molar-refractivity contribution is -0.140. The summed E-state index contributed by atoms with van der Waals surface area (Å²) in [4.78, 5) is 10.4. The molecule has 0 amide bonds. The highest BCUT2D eigenvalue weighted by Gasteiger charge is 2.19. The molecule has 0 aliphatic rings. The topological polar surface area (TPSA) is 39.4 Å². The first-order valence-corrected chi connectivity index (χ1v) is 3.92. The van der Waals surface area contributed by atoms with E-state index in [1.807, 2.05) is 0 Å².